The summed E-state index contributed by atoms with van der Waals surface area (Å²) in [5, 5.41) is 23.3. The van der Waals surface area contributed by atoms with Crippen LogP contribution >= 0.6 is 0 Å². The third kappa shape index (κ3) is 26.6. The fourth-order valence-corrected chi connectivity index (χ4v) is 13.2. The van der Waals surface area contributed by atoms with E-state index < -0.39 is 152 Å². The van der Waals surface area contributed by atoms with Gasteiger partial charge in [0.15, 0.2) is 12.2 Å². The number of carbonyl (C=O) groups is 10. The van der Waals surface area contributed by atoms with Crippen LogP contribution in [-0.2, 0) is 108 Å². The number of fused-ring (bicyclic) bond motifs is 1. The van der Waals surface area contributed by atoms with Gasteiger partial charge < -0.3 is 92.1 Å². The number of furan rings is 1. The SMILES string of the molecule is CCC(C)[C@@H]([C@@H](CC(=O)N1CCC[C@H]1[C@H](OC)[C@@H](C)C(=O)NC(C)[C@@H](O)c1ccccc1)OC)N(C)C(=O)[C@@H](NC(=O)[C@H](C(C)C)N(C)C(=O)OCc1ccc(O[C@@H]2O[C@H](COC(C)=O)[C@H](OC(C)=O)[C@H](OC(C)=O)[C@H]2OC(C)=O)c2cc(CCC(=O)NCCOCCOCCOCCN=[N+]=[N-])oc12)C(C)C. The van der Waals surface area contributed by atoms with Crippen LogP contribution in [0.5, 0.6) is 5.75 Å². The highest BCUT2D eigenvalue weighted by Crippen LogP contribution is 2.38. The molecule has 2 aromatic carbocycles. The topological polar surface area (TPSA) is 409 Å². The van der Waals surface area contributed by atoms with Crippen molar-refractivity contribution in [2.45, 2.75) is 207 Å². The smallest absolute Gasteiger partial charge is 0.410 e. The molecule has 596 valence electrons. The van der Waals surface area contributed by atoms with Gasteiger partial charge in [0, 0.05) is 99.0 Å². The average molecular weight is 1510 g/mol. The summed E-state index contributed by atoms with van der Waals surface area (Å²) in [5.41, 5.74) is 9.37. The molecule has 0 bridgehead atoms. The third-order valence-electron chi connectivity index (χ3n) is 18.7. The van der Waals surface area contributed by atoms with Gasteiger partial charge in [0.25, 0.3) is 0 Å². The summed E-state index contributed by atoms with van der Waals surface area (Å²) in [4.78, 5) is 143. The number of aliphatic hydroxyl groups is 1. The van der Waals surface area contributed by atoms with E-state index in [1.54, 1.807) is 83.8 Å². The maximum atomic E-state index is 15.0. The number of aryl methyl sites for hydroxylation is 1. The lowest BCUT2D eigenvalue weighted by Gasteiger charge is -2.43. The quantitative estimate of drug-likeness (QED) is 0.0122. The highest BCUT2D eigenvalue weighted by Gasteiger charge is 2.54. The Morgan fingerprint density at radius 2 is 1.38 bits per heavy atom. The van der Waals surface area contributed by atoms with E-state index in [9.17, 15) is 48.3 Å². The molecule has 3 heterocycles. The first-order valence-electron chi connectivity index (χ1n) is 36.3. The fourth-order valence-electron chi connectivity index (χ4n) is 13.2. The van der Waals surface area contributed by atoms with Gasteiger partial charge in [-0.1, -0.05) is 90.3 Å². The zero-order chi connectivity index (χ0) is 79.2. The van der Waals surface area contributed by atoms with Crippen LogP contribution in [0.15, 0.2) is 58.1 Å². The first kappa shape index (κ1) is 88.9. The van der Waals surface area contributed by atoms with Crippen LogP contribution in [0.25, 0.3) is 21.4 Å². The molecule has 5 rings (SSSR count). The first-order chi connectivity index (χ1) is 50.9. The van der Waals surface area contributed by atoms with E-state index in [-0.39, 0.29) is 110 Å². The molecular formula is C74H111N9O24. The number of rotatable bonds is 44. The molecule has 2 aliphatic heterocycles. The molecule has 2 unspecified atom stereocenters. The number of hydrogen-bond donors (Lipinski definition) is 4. The number of likely N-dealkylation sites (tertiary alicyclic amines) is 1. The molecule has 33 heteroatoms. The summed E-state index contributed by atoms with van der Waals surface area (Å²) in [6, 6.07) is 9.39. The van der Waals surface area contributed by atoms with E-state index in [0.717, 1.165) is 32.6 Å². The molecule has 1 aromatic heterocycles. The minimum atomic E-state index is -1.67. The summed E-state index contributed by atoms with van der Waals surface area (Å²) >= 11 is 0. The van der Waals surface area contributed by atoms with Crippen LogP contribution in [0, 0.1) is 23.7 Å². The van der Waals surface area contributed by atoms with Gasteiger partial charge in [-0.2, -0.15) is 0 Å². The number of esters is 4. The van der Waals surface area contributed by atoms with Gasteiger partial charge in [-0.25, -0.2) is 4.79 Å². The number of carbonyl (C=O) groups excluding carboxylic acids is 10. The molecule has 107 heavy (non-hydrogen) atoms. The number of amides is 6. The molecule has 3 aromatic rings. The zero-order valence-electron chi connectivity index (χ0n) is 64.5. The number of nitrogens with zero attached hydrogens (tertiary/aromatic N) is 6. The van der Waals surface area contributed by atoms with E-state index in [2.05, 4.69) is 26.0 Å². The third-order valence-corrected chi connectivity index (χ3v) is 18.7. The normalized spacial score (nSPS) is 19.6. The van der Waals surface area contributed by atoms with Gasteiger partial charge in [0.2, 0.25) is 41.9 Å². The minimum absolute atomic E-state index is 0.00118. The van der Waals surface area contributed by atoms with Gasteiger partial charge >= 0.3 is 30.0 Å². The number of aliphatic hydroxyl groups excluding tert-OH is 1. The second-order valence-corrected chi connectivity index (χ2v) is 27.3. The summed E-state index contributed by atoms with van der Waals surface area (Å²) < 4.78 is 75.6. The molecule has 0 aliphatic carbocycles. The van der Waals surface area contributed by atoms with Crippen molar-refractivity contribution >= 4 is 70.5 Å². The number of ether oxygens (including phenoxy) is 12. The molecule has 2 saturated heterocycles. The molecule has 6 amide bonds. The minimum Gasteiger partial charge on any atom is -0.463 e. The van der Waals surface area contributed by atoms with Gasteiger partial charge in [0.1, 0.15) is 48.5 Å². The second-order valence-electron chi connectivity index (χ2n) is 27.3. The molecule has 2 fully saturated rings. The van der Waals surface area contributed by atoms with Crippen molar-refractivity contribution < 1.29 is 114 Å². The van der Waals surface area contributed by atoms with Crippen LogP contribution in [0.4, 0.5) is 4.79 Å². The summed E-state index contributed by atoms with van der Waals surface area (Å²) in [7, 11) is 5.97. The zero-order valence-corrected chi connectivity index (χ0v) is 64.5. The van der Waals surface area contributed by atoms with Crippen LogP contribution in [0.2, 0.25) is 0 Å². The summed E-state index contributed by atoms with van der Waals surface area (Å²) in [6.07, 6.45) is -9.54. The van der Waals surface area contributed by atoms with E-state index in [1.807, 2.05) is 19.9 Å². The Labute approximate surface area is 625 Å². The van der Waals surface area contributed by atoms with Crippen molar-refractivity contribution in [2.24, 2.45) is 28.8 Å². The fraction of sp³-hybridized carbons (Fsp3) is 0.676. The van der Waals surface area contributed by atoms with Crippen molar-refractivity contribution in [3.63, 3.8) is 0 Å². The maximum absolute atomic E-state index is 15.0. The molecule has 0 radical (unpaired) electrons. The molecule has 33 nitrogen and oxygen atoms in total. The van der Waals surface area contributed by atoms with Crippen LogP contribution in [0.1, 0.15) is 138 Å². The highest BCUT2D eigenvalue weighted by molar-refractivity contribution is 5.92. The number of benzene rings is 2. The Balaban J connectivity index is 1.35. The van der Waals surface area contributed by atoms with Crippen molar-refractivity contribution in [1.29, 1.82) is 0 Å². The van der Waals surface area contributed by atoms with Crippen LogP contribution < -0.4 is 20.7 Å². The van der Waals surface area contributed by atoms with Gasteiger partial charge in [-0.05, 0) is 66.8 Å². The Hall–Kier alpha value is -8.69. The molecule has 0 spiro atoms. The van der Waals surface area contributed by atoms with Crippen molar-refractivity contribution in [2.75, 3.05) is 94.2 Å². The molecule has 0 saturated carbocycles. The Morgan fingerprint density at radius 1 is 0.748 bits per heavy atom. The number of hydrogen-bond acceptors (Lipinski definition) is 25. The van der Waals surface area contributed by atoms with Gasteiger partial charge in [-0.3, -0.25) is 48.1 Å². The van der Waals surface area contributed by atoms with E-state index in [0.29, 0.717) is 44.6 Å². The maximum Gasteiger partial charge on any atom is 0.410 e. The Kier molecular flexibility index (Phi) is 37.0. The summed E-state index contributed by atoms with van der Waals surface area (Å²) in [6.45, 7) is 20.1. The predicted octanol–water partition coefficient (Wildman–Crippen LogP) is 6.20. The van der Waals surface area contributed by atoms with Gasteiger partial charge in [-0.15, -0.1) is 0 Å². The van der Waals surface area contributed by atoms with Crippen molar-refractivity contribution in [3.8, 4) is 5.75 Å². The first-order valence-corrected chi connectivity index (χ1v) is 36.3. The largest absolute Gasteiger partial charge is 0.463 e. The molecule has 15 atom stereocenters. The Morgan fingerprint density at radius 3 is 1.98 bits per heavy atom. The number of azide groups is 1. The molecular weight excluding hydrogens is 1400 g/mol. The van der Waals surface area contributed by atoms with E-state index >= 15 is 4.79 Å². The molecule has 2 aliphatic rings. The molecule has 4 N–H and O–H groups in total. The van der Waals surface area contributed by atoms with E-state index in [4.69, 9.17) is 66.8 Å². The summed E-state index contributed by atoms with van der Waals surface area (Å²) in [5.74, 6) is -7.16. The second kappa shape index (κ2) is 44.6. The van der Waals surface area contributed by atoms with Crippen molar-refractivity contribution in [1.82, 2.24) is 30.7 Å². The number of nitrogens with one attached hydrogen (secondary N) is 3. The monoisotopic (exact) mass is 1510 g/mol. The lowest BCUT2D eigenvalue weighted by molar-refractivity contribution is -0.288. The standard InChI is InChI=1S/C74H111N9O24/c1-17-44(6)63(57(95-15)39-60(89)83-31-21-24-55(83)65(96-16)45(7)70(91)78-46(8)64(90)51-22-19-18-20-23-51)81(13)72(93)61(42(2)3)79-71(92)62(43(4)5)82(14)74(94)101-40-52-25-27-56(106-73-69(104-50(12)87)68(103-49(11)86)67(102-48(10)85)58(107-73)41-100-47(9)84)54-38-53(105-66(52)54)26-28-59(88)76-29-32-97-34-36-99-37-35-98-33-30-77-80-75/h18-20,22-23,25,27,38,42-46,55,57-58,61-65,67-69,73,90H,17,21,24,26,28-37,39-41H2,1-16H3,(H,76,88)(H,78,91)(H,79,92)/t44?,45-,46?,55+,57-,58-,61+,62+,63+,64-,65-,67+,68+,69-,73-/m1/s1. The van der Waals surface area contributed by atoms with Crippen LogP contribution in [-0.4, -0.2) is 247 Å². The number of likely N-dealkylation sites (N-methyl/N-ethyl adjacent to an activating group) is 2. The highest BCUT2D eigenvalue weighted by atomic mass is 16.7. The Bertz CT molecular complexity index is 3440. The van der Waals surface area contributed by atoms with E-state index in [1.165, 1.54) is 38.3 Å². The van der Waals surface area contributed by atoms with Crippen molar-refractivity contribution in [3.05, 3.63) is 75.9 Å². The number of methoxy groups -OCH3 is 2. The lowest BCUT2D eigenvalue weighted by Crippen LogP contribution is -2.63. The van der Waals surface area contributed by atoms with Gasteiger partial charge in [0.05, 0.1) is 93.8 Å². The average Bonchev–Trinajstić information content (AvgIpc) is 1.64. The predicted molar refractivity (Wildman–Crippen MR) is 385 cm³/mol. The lowest BCUT2D eigenvalue weighted by atomic mass is 9.89. The van der Waals surface area contributed by atoms with Crippen LogP contribution in [0.3, 0.4) is 0 Å².